The molecule has 0 radical (unpaired) electrons. The van der Waals surface area contributed by atoms with E-state index in [1.165, 1.54) is 22.6 Å². The molecule has 1 aromatic carbocycles. The Morgan fingerprint density at radius 3 is 2.68 bits per heavy atom. The Morgan fingerprint density at radius 2 is 1.93 bits per heavy atom. The van der Waals surface area contributed by atoms with Crippen LogP contribution in [0.1, 0.15) is 37.5 Å². The van der Waals surface area contributed by atoms with E-state index in [0.717, 1.165) is 19.3 Å². The Bertz CT molecular complexity index is 1040. The van der Waals surface area contributed by atoms with Gasteiger partial charge in [-0.25, -0.2) is 12.8 Å². The molecule has 0 N–H and O–H groups in total. The van der Waals surface area contributed by atoms with Crippen molar-refractivity contribution in [1.82, 2.24) is 14.4 Å². The van der Waals surface area contributed by atoms with Crippen molar-refractivity contribution in [3.8, 4) is 11.3 Å². The summed E-state index contributed by atoms with van der Waals surface area (Å²) in [5.74, 6) is 0.165. The highest BCUT2D eigenvalue weighted by Crippen LogP contribution is 2.36. The summed E-state index contributed by atoms with van der Waals surface area (Å²) in [6, 6.07) is 10.4. The van der Waals surface area contributed by atoms with Crippen LogP contribution in [0, 0.1) is 5.82 Å². The van der Waals surface area contributed by atoms with Crippen molar-refractivity contribution in [1.29, 1.82) is 0 Å². The van der Waals surface area contributed by atoms with Crippen LogP contribution in [0.2, 0.25) is 0 Å². The van der Waals surface area contributed by atoms with E-state index in [1.54, 1.807) is 36.5 Å². The lowest BCUT2D eigenvalue weighted by atomic mass is 10.1. The molecule has 4 rings (SSSR count). The number of aromatic nitrogens is 2. The largest absolute Gasteiger partial charge is 0.359 e. The molecule has 3 aromatic rings. The smallest absolute Gasteiger partial charge is 0.245 e. The Labute approximate surface area is 163 Å². The number of nitrogens with zero attached hydrogens (tertiary/aromatic N) is 3. The summed E-state index contributed by atoms with van der Waals surface area (Å²) in [6.07, 6.45) is 6.20. The Kier molecular flexibility index (Phi) is 5.23. The minimum atomic E-state index is -3.71. The van der Waals surface area contributed by atoms with Crippen LogP contribution >= 0.6 is 0 Å². The zero-order valence-corrected chi connectivity index (χ0v) is 16.0. The van der Waals surface area contributed by atoms with E-state index in [-0.39, 0.29) is 10.7 Å². The third-order valence-electron chi connectivity index (χ3n) is 4.94. The summed E-state index contributed by atoms with van der Waals surface area (Å²) in [5, 5.41) is 4.08. The van der Waals surface area contributed by atoms with Crippen LogP contribution in [0.4, 0.5) is 4.39 Å². The second-order valence-electron chi connectivity index (χ2n) is 6.79. The molecule has 1 aliphatic rings. The van der Waals surface area contributed by atoms with Gasteiger partial charge in [-0.2, -0.15) is 4.31 Å². The maximum atomic E-state index is 13.2. The molecule has 1 aliphatic heterocycles. The van der Waals surface area contributed by atoms with Crippen molar-refractivity contribution < 1.29 is 17.3 Å². The first-order valence-corrected chi connectivity index (χ1v) is 10.6. The molecule has 8 heteroatoms. The van der Waals surface area contributed by atoms with Gasteiger partial charge in [-0.3, -0.25) is 4.98 Å². The molecule has 3 heterocycles. The third kappa shape index (κ3) is 3.70. The summed E-state index contributed by atoms with van der Waals surface area (Å²) < 4.78 is 46.6. The third-order valence-corrected chi connectivity index (χ3v) is 6.83. The number of pyridine rings is 1. The molecule has 1 saturated heterocycles. The van der Waals surface area contributed by atoms with Gasteiger partial charge < -0.3 is 4.52 Å². The average Bonchev–Trinajstić information content (AvgIpc) is 3.06. The molecule has 1 atom stereocenters. The quantitative estimate of drug-likeness (QED) is 0.655. The zero-order valence-electron chi connectivity index (χ0n) is 15.2. The van der Waals surface area contributed by atoms with Gasteiger partial charge >= 0.3 is 0 Å². The van der Waals surface area contributed by atoms with E-state index in [2.05, 4.69) is 10.1 Å². The van der Waals surface area contributed by atoms with E-state index in [4.69, 9.17) is 4.52 Å². The first kappa shape index (κ1) is 18.8. The van der Waals surface area contributed by atoms with Gasteiger partial charge in [0.2, 0.25) is 10.0 Å². The van der Waals surface area contributed by atoms with Crippen molar-refractivity contribution in [2.24, 2.45) is 0 Å². The number of hydrogen-bond acceptors (Lipinski definition) is 5. The molecule has 28 heavy (non-hydrogen) atoms. The maximum absolute atomic E-state index is 13.2. The van der Waals surface area contributed by atoms with Crippen LogP contribution in [-0.4, -0.2) is 29.4 Å². The maximum Gasteiger partial charge on any atom is 0.245 e. The summed E-state index contributed by atoms with van der Waals surface area (Å²) in [6.45, 7) is 0.411. The van der Waals surface area contributed by atoms with Gasteiger partial charge in [-0.05, 0) is 49.2 Å². The van der Waals surface area contributed by atoms with E-state index >= 15 is 0 Å². The predicted octanol–water partition coefficient (Wildman–Crippen LogP) is 4.18. The van der Waals surface area contributed by atoms with Crippen LogP contribution in [0.5, 0.6) is 0 Å². The van der Waals surface area contributed by atoms with Gasteiger partial charge in [0.25, 0.3) is 0 Å². The van der Waals surface area contributed by atoms with Crippen molar-refractivity contribution in [3.63, 3.8) is 0 Å². The molecule has 146 valence electrons. The fourth-order valence-electron chi connectivity index (χ4n) is 3.49. The molecule has 1 unspecified atom stereocenters. The summed E-state index contributed by atoms with van der Waals surface area (Å²) in [7, 11) is -3.71. The fourth-order valence-corrected chi connectivity index (χ4v) is 5.12. The fraction of sp³-hybridized carbons (Fsp3) is 0.300. The topological polar surface area (TPSA) is 76.3 Å². The molecular formula is C20H20FN3O3S. The number of sulfonamides is 1. The molecule has 0 amide bonds. The average molecular weight is 401 g/mol. The van der Waals surface area contributed by atoms with Gasteiger partial charge in [-0.1, -0.05) is 18.0 Å². The molecular weight excluding hydrogens is 381 g/mol. The van der Waals surface area contributed by atoms with Gasteiger partial charge in [-0.15, -0.1) is 0 Å². The first-order chi connectivity index (χ1) is 13.6. The van der Waals surface area contributed by atoms with Crippen molar-refractivity contribution in [2.45, 2.75) is 36.6 Å². The summed E-state index contributed by atoms with van der Waals surface area (Å²) >= 11 is 0. The van der Waals surface area contributed by atoms with Gasteiger partial charge in [0, 0.05) is 30.6 Å². The first-order valence-electron chi connectivity index (χ1n) is 9.20. The second kappa shape index (κ2) is 7.81. The number of halogens is 1. The van der Waals surface area contributed by atoms with Crippen LogP contribution < -0.4 is 0 Å². The standard InChI is InChI=1S/C20H20FN3O3S/c21-16-9-7-15(8-10-16)18-13-20(27-23-18)19-6-2-1-3-12-24(19)28(25,26)17-5-4-11-22-14-17/h4-5,7-11,13-14,19H,1-3,6,12H2. The minimum Gasteiger partial charge on any atom is -0.359 e. The lowest BCUT2D eigenvalue weighted by Crippen LogP contribution is -2.34. The summed E-state index contributed by atoms with van der Waals surface area (Å²) in [4.78, 5) is 4.11. The van der Waals surface area contributed by atoms with Crippen molar-refractivity contribution >= 4 is 10.0 Å². The van der Waals surface area contributed by atoms with Gasteiger partial charge in [0.05, 0.1) is 6.04 Å². The van der Waals surface area contributed by atoms with Gasteiger partial charge in [0.15, 0.2) is 5.76 Å². The zero-order chi connectivity index (χ0) is 19.6. The highest BCUT2D eigenvalue weighted by atomic mass is 32.2. The van der Waals surface area contributed by atoms with Crippen LogP contribution in [0.3, 0.4) is 0 Å². The van der Waals surface area contributed by atoms with Crippen LogP contribution in [0.25, 0.3) is 11.3 Å². The molecule has 0 aliphatic carbocycles. The summed E-state index contributed by atoms with van der Waals surface area (Å²) in [5.41, 5.74) is 1.27. The van der Waals surface area contributed by atoms with E-state index < -0.39 is 16.1 Å². The molecule has 2 aromatic heterocycles. The minimum absolute atomic E-state index is 0.167. The second-order valence-corrected chi connectivity index (χ2v) is 8.68. The normalized spacial score (nSPS) is 18.7. The molecule has 0 bridgehead atoms. The van der Waals surface area contributed by atoms with E-state index in [1.807, 2.05) is 0 Å². The molecule has 6 nitrogen and oxygen atoms in total. The van der Waals surface area contributed by atoms with Gasteiger partial charge in [0.1, 0.15) is 16.4 Å². The van der Waals surface area contributed by atoms with E-state index in [9.17, 15) is 12.8 Å². The number of benzene rings is 1. The molecule has 0 spiro atoms. The molecule has 1 fully saturated rings. The number of hydrogen-bond donors (Lipinski definition) is 0. The monoisotopic (exact) mass is 401 g/mol. The Morgan fingerprint density at radius 1 is 1.11 bits per heavy atom. The SMILES string of the molecule is O=S(=O)(c1cccnc1)N1CCCCCC1c1cc(-c2ccc(F)cc2)no1. The van der Waals surface area contributed by atoms with E-state index in [0.29, 0.717) is 30.0 Å². The molecule has 0 saturated carbocycles. The highest BCUT2D eigenvalue weighted by Gasteiger charge is 2.35. The highest BCUT2D eigenvalue weighted by molar-refractivity contribution is 7.89. The Hall–Kier alpha value is -2.58. The lowest BCUT2D eigenvalue weighted by molar-refractivity contribution is 0.259. The van der Waals surface area contributed by atoms with Crippen LogP contribution in [-0.2, 0) is 10.0 Å². The lowest BCUT2D eigenvalue weighted by Gasteiger charge is -2.27. The van der Waals surface area contributed by atoms with Crippen LogP contribution in [0.15, 0.2) is 64.3 Å². The predicted molar refractivity (Wildman–Crippen MR) is 101 cm³/mol. The Balaban J connectivity index is 1.69. The van der Waals surface area contributed by atoms with Crippen molar-refractivity contribution in [2.75, 3.05) is 6.54 Å². The number of rotatable bonds is 4. The van der Waals surface area contributed by atoms with Crippen molar-refractivity contribution in [3.05, 3.63) is 66.4 Å².